The van der Waals surface area contributed by atoms with Gasteiger partial charge in [-0.25, -0.2) is 18.1 Å². The Hall–Kier alpha value is -1.69. The Morgan fingerprint density at radius 1 is 1.31 bits per heavy atom. The highest BCUT2D eigenvalue weighted by molar-refractivity contribution is 7.89. The van der Waals surface area contributed by atoms with E-state index in [1.165, 1.54) is 5.38 Å². The van der Waals surface area contributed by atoms with Crippen molar-refractivity contribution in [2.24, 2.45) is 5.92 Å². The maximum atomic E-state index is 12.7. The average Bonchev–Trinajstić information content (AvgIpc) is 3.18. The van der Waals surface area contributed by atoms with Gasteiger partial charge in [-0.15, -0.1) is 11.3 Å². The molecule has 29 heavy (non-hydrogen) atoms. The third-order valence-electron chi connectivity index (χ3n) is 4.55. The lowest BCUT2D eigenvalue weighted by Crippen LogP contribution is -2.47. The molecule has 0 radical (unpaired) electrons. The fraction of sp³-hybridized carbons (Fsp3) is 0.500. The summed E-state index contributed by atoms with van der Waals surface area (Å²) in [6.45, 7) is 2.70. The van der Waals surface area contributed by atoms with Crippen LogP contribution in [-0.4, -0.2) is 45.0 Å². The van der Waals surface area contributed by atoms with Crippen LogP contribution in [0.2, 0.25) is 0 Å². The third kappa shape index (κ3) is 5.91. The number of hydrogen-bond donors (Lipinski definition) is 1. The zero-order valence-corrected chi connectivity index (χ0v) is 17.2. The largest absolute Gasteiger partial charge is 0.493 e. The van der Waals surface area contributed by atoms with Crippen LogP contribution in [0.15, 0.2) is 29.6 Å². The summed E-state index contributed by atoms with van der Waals surface area (Å²) in [6, 6.07) is 6.32. The van der Waals surface area contributed by atoms with E-state index in [1.54, 1.807) is 31.2 Å². The number of hydrogen-bond acceptors (Lipinski definition) is 6. The number of halogens is 3. The number of benzene rings is 1. The van der Waals surface area contributed by atoms with Gasteiger partial charge in [0.2, 0.25) is 10.0 Å². The molecule has 160 valence electrons. The Morgan fingerprint density at radius 2 is 2.03 bits per heavy atom. The van der Waals surface area contributed by atoms with Crippen molar-refractivity contribution < 1.29 is 31.1 Å². The standard InChI is InChI=1S/C18H21F3N2O4S2/c1-2-29(24,25)23-15-7-8-26-9-13(15)10-27-14-5-3-12(4-6-14)16-11-28-17(22-16)18(19,20)21/h3-6,11,13,15,23H,2,7-10H2,1H3/t13-,15+/m1/s1. The highest BCUT2D eigenvalue weighted by Crippen LogP contribution is 2.34. The van der Waals surface area contributed by atoms with Gasteiger partial charge in [-0.1, -0.05) is 0 Å². The molecule has 2 atom stereocenters. The van der Waals surface area contributed by atoms with Crippen LogP contribution in [0.25, 0.3) is 11.3 Å². The van der Waals surface area contributed by atoms with Gasteiger partial charge in [0, 0.05) is 29.5 Å². The second-order valence-corrected chi connectivity index (χ2v) is 9.52. The molecule has 0 bridgehead atoms. The summed E-state index contributed by atoms with van der Waals surface area (Å²) in [7, 11) is -3.33. The maximum absolute atomic E-state index is 12.7. The Kier molecular flexibility index (Phi) is 6.82. The van der Waals surface area contributed by atoms with Gasteiger partial charge in [0.05, 0.1) is 24.7 Å². The molecule has 0 spiro atoms. The van der Waals surface area contributed by atoms with Crippen molar-refractivity contribution in [3.05, 3.63) is 34.7 Å². The van der Waals surface area contributed by atoms with E-state index in [1.807, 2.05) is 0 Å². The predicted octanol–water partition coefficient (Wildman–Crippen LogP) is 3.55. The van der Waals surface area contributed by atoms with Gasteiger partial charge in [0.25, 0.3) is 0 Å². The fourth-order valence-corrected chi connectivity index (χ4v) is 4.53. The van der Waals surface area contributed by atoms with Crippen molar-refractivity contribution >= 4 is 21.4 Å². The van der Waals surface area contributed by atoms with Gasteiger partial charge in [0.1, 0.15) is 5.75 Å². The fourth-order valence-electron chi connectivity index (χ4n) is 2.89. The Labute approximate surface area is 171 Å². The first kappa shape index (κ1) is 22.0. The highest BCUT2D eigenvalue weighted by atomic mass is 32.2. The molecular formula is C18H21F3N2O4S2. The zero-order chi connectivity index (χ0) is 21.1. The lowest BCUT2D eigenvalue weighted by Gasteiger charge is -2.31. The molecule has 6 nitrogen and oxygen atoms in total. The quantitative estimate of drug-likeness (QED) is 0.698. The molecule has 1 aliphatic rings. The third-order valence-corrected chi connectivity index (χ3v) is 6.86. The summed E-state index contributed by atoms with van der Waals surface area (Å²) in [6.07, 6.45) is -3.89. The summed E-state index contributed by atoms with van der Waals surface area (Å²) in [5, 5.41) is 0.480. The van der Waals surface area contributed by atoms with Crippen molar-refractivity contribution in [1.29, 1.82) is 0 Å². The molecule has 0 saturated carbocycles. The summed E-state index contributed by atoms with van der Waals surface area (Å²) in [4.78, 5) is 3.62. The summed E-state index contributed by atoms with van der Waals surface area (Å²) >= 11 is 0.554. The monoisotopic (exact) mass is 450 g/mol. The van der Waals surface area contributed by atoms with Crippen LogP contribution >= 0.6 is 11.3 Å². The number of thiazole rings is 1. The van der Waals surface area contributed by atoms with E-state index in [9.17, 15) is 21.6 Å². The molecule has 2 heterocycles. The molecule has 0 amide bonds. The number of aromatic nitrogens is 1. The average molecular weight is 451 g/mol. The number of nitrogens with zero attached hydrogens (tertiary/aromatic N) is 1. The van der Waals surface area contributed by atoms with E-state index in [0.29, 0.717) is 42.3 Å². The van der Waals surface area contributed by atoms with E-state index >= 15 is 0 Å². The van der Waals surface area contributed by atoms with Crippen LogP contribution in [0.1, 0.15) is 18.4 Å². The lowest BCUT2D eigenvalue weighted by molar-refractivity contribution is -0.137. The van der Waals surface area contributed by atoms with E-state index in [-0.39, 0.29) is 30.0 Å². The minimum Gasteiger partial charge on any atom is -0.493 e. The van der Waals surface area contributed by atoms with Crippen molar-refractivity contribution in [2.75, 3.05) is 25.6 Å². The zero-order valence-electron chi connectivity index (χ0n) is 15.6. The topological polar surface area (TPSA) is 77.5 Å². The molecule has 1 aromatic heterocycles. The smallest absolute Gasteiger partial charge is 0.443 e. The van der Waals surface area contributed by atoms with Crippen LogP contribution in [0.5, 0.6) is 5.75 Å². The van der Waals surface area contributed by atoms with Crippen LogP contribution in [0.4, 0.5) is 13.2 Å². The molecule has 1 fully saturated rings. The van der Waals surface area contributed by atoms with E-state index in [2.05, 4.69) is 9.71 Å². The first-order valence-corrected chi connectivity index (χ1v) is 11.5. The highest BCUT2D eigenvalue weighted by Gasteiger charge is 2.34. The molecule has 2 aromatic rings. The van der Waals surface area contributed by atoms with Crippen molar-refractivity contribution in [2.45, 2.75) is 25.6 Å². The van der Waals surface area contributed by atoms with Crippen molar-refractivity contribution in [3.63, 3.8) is 0 Å². The molecule has 3 rings (SSSR count). The summed E-state index contributed by atoms with van der Waals surface area (Å²) < 4.78 is 75.7. The van der Waals surface area contributed by atoms with Gasteiger partial charge in [-0.05, 0) is 37.6 Å². The van der Waals surface area contributed by atoms with Gasteiger partial charge in [-0.2, -0.15) is 13.2 Å². The second kappa shape index (κ2) is 8.99. The van der Waals surface area contributed by atoms with Gasteiger partial charge >= 0.3 is 6.18 Å². The normalized spacial score (nSPS) is 20.6. The van der Waals surface area contributed by atoms with E-state index in [0.717, 1.165) is 0 Å². The number of sulfonamides is 1. The first-order chi connectivity index (χ1) is 13.7. The molecule has 0 aliphatic carbocycles. The predicted molar refractivity (Wildman–Crippen MR) is 103 cm³/mol. The Morgan fingerprint density at radius 3 is 2.66 bits per heavy atom. The molecule has 1 aliphatic heterocycles. The molecule has 1 saturated heterocycles. The Bertz CT molecular complexity index is 914. The first-order valence-electron chi connectivity index (χ1n) is 9.01. The maximum Gasteiger partial charge on any atom is 0.443 e. The van der Waals surface area contributed by atoms with Crippen molar-refractivity contribution in [1.82, 2.24) is 9.71 Å². The van der Waals surface area contributed by atoms with Crippen LogP contribution in [-0.2, 0) is 20.9 Å². The van der Waals surface area contributed by atoms with Crippen LogP contribution in [0.3, 0.4) is 0 Å². The molecular weight excluding hydrogens is 429 g/mol. The number of rotatable bonds is 7. The Balaban J connectivity index is 1.61. The minimum atomic E-state index is -4.45. The number of ether oxygens (including phenoxy) is 2. The summed E-state index contributed by atoms with van der Waals surface area (Å²) in [5.74, 6) is 0.395. The van der Waals surface area contributed by atoms with E-state index < -0.39 is 21.2 Å². The number of alkyl halides is 3. The second-order valence-electron chi connectivity index (χ2n) is 6.62. The molecule has 0 unspecified atom stereocenters. The SMILES string of the molecule is CCS(=O)(=O)N[C@H]1CCOC[C@@H]1COc1ccc(-c2csc(C(F)(F)F)n2)cc1. The molecule has 1 aromatic carbocycles. The lowest BCUT2D eigenvalue weighted by atomic mass is 9.98. The van der Waals surface area contributed by atoms with Crippen LogP contribution < -0.4 is 9.46 Å². The van der Waals surface area contributed by atoms with Gasteiger partial charge in [-0.3, -0.25) is 0 Å². The van der Waals surface area contributed by atoms with Crippen molar-refractivity contribution in [3.8, 4) is 17.0 Å². The summed E-state index contributed by atoms with van der Waals surface area (Å²) in [5.41, 5.74) is 0.808. The molecule has 11 heteroatoms. The minimum absolute atomic E-state index is 0.00602. The molecule has 1 N–H and O–H groups in total. The van der Waals surface area contributed by atoms with Gasteiger partial charge < -0.3 is 9.47 Å². The number of nitrogens with one attached hydrogen (secondary N) is 1. The van der Waals surface area contributed by atoms with Crippen LogP contribution in [0, 0.1) is 5.92 Å². The van der Waals surface area contributed by atoms with Gasteiger partial charge in [0.15, 0.2) is 5.01 Å². The van der Waals surface area contributed by atoms with E-state index in [4.69, 9.17) is 9.47 Å².